The number of thiazole rings is 1. The van der Waals surface area contributed by atoms with E-state index in [0.29, 0.717) is 18.7 Å². The molecule has 7 heteroatoms. The van der Waals surface area contributed by atoms with E-state index in [1.54, 1.807) is 18.4 Å². The summed E-state index contributed by atoms with van der Waals surface area (Å²) in [5.41, 5.74) is 2.01. The monoisotopic (exact) mass is 446 g/mol. The molecule has 0 aliphatic carbocycles. The van der Waals surface area contributed by atoms with Crippen LogP contribution in [0.5, 0.6) is 11.5 Å². The number of amides is 1. The fraction of sp³-hybridized carbons (Fsp3) is 0.200. The van der Waals surface area contributed by atoms with Gasteiger partial charge < -0.3 is 14.8 Å². The molecule has 1 amide bonds. The quantitative estimate of drug-likeness (QED) is 0.559. The lowest BCUT2D eigenvalue weighted by molar-refractivity contribution is -0.123. The van der Waals surface area contributed by atoms with Crippen LogP contribution in [0.25, 0.3) is 10.6 Å². The topological polar surface area (TPSA) is 60.5 Å². The van der Waals surface area contributed by atoms with E-state index in [9.17, 15) is 4.79 Å². The third-order valence-electron chi connectivity index (χ3n) is 3.78. The van der Waals surface area contributed by atoms with Gasteiger partial charge in [0.15, 0.2) is 6.61 Å². The summed E-state index contributed by atoms with van der Waals surface area (Å²) >= 11 is 4.95. The van der Waals surface area contributed by atoms with Gasteiger partial charge in [-0.15, -0.1) is 11.3 Å². The van der Waals surface area contributed by atoms with Gasteiger partial charge in [0, 0.05) is 28.4 Å². The Morgan fingerprint density at radius 1 is 1.11 bits per heavy atom. The summed E-state index contributed by atoms with van der Waals surface area (Å²) in [5.74, 6) is 1.34. The van der Waals surface area contributed by atoms with E-state index in [1.165, 1.54) is 0 Å². The normalized spacial score (nSPS) is 10.4. The van der Waals surface area contributed by atoms with Crippen molar-refractivity contribution in [2.45, 2.75) is 6.42 Å². The van der Waals surface area contributed by atoms with Gasteiger partial charge in [-0.3, -0.25) is 4.79 Å². The van der Waals surface area contributed by atoms with Gasteiger partial charge >= 0.3 is 0 Å². The third kappa shape index (κ3) is 5.80. The molecule has 0 unspecified atom stereocenters. The van der Waals surface area contributed by atoms with Crippen molar-refractivity contribution in [2.75, 3.05) is 20.3 Å². The van der Waals surface area contributed by atoms with Crippen LogP contribution in [0.1, 0.15) is 5.69 Å². The van der Waals surface area contributed by atoms with Crippen molar-refractivity contribution in [1.29, 1.82) is 0 Å². The van der Waals surface area contributed by atoms with Crippen molar-refractivity contribution >= 4 is 33.2 Å². The van der Waals surface area contributed by atoms with Crippen LogP contribution in [0, 0.1) is 0 Å². The molecule has 2 aromatic carbocycles. The number of hydrogen-bond donors (Lipinski definition) is 1. The molecule has 0 bridgehead atoms. The second kappa shape index (κ2) is 9.53. The Morgan fingerprint density at radius 3 is 2.52 bits per heavy atom. The number of halogens is 1. The molecule has 0 radical (unpaired) electrons. The lowest BCUT2D eigenvalue weighted by Crippen LogP contribution is -2.30. The van der Waals surface area contributed by atoms with Gasteiger partial charge in [-0.2, -0.15) is 0 Å². The predicted molar refractivity (Wildman–Crippen MR) is 110 cm³/mol. The Kier molecular flexibility index (Phi) is 6.84. The van der Waals surface area contributed by atoms with Crippen LogP contribution >= 0.6 is 27.3 Å². The van der Waals surface area contributed by atoms with E-state index in [0.717, 1.165) is 26.5 Å². The lowest BCUT2D eigenvalue weighted by atomic mass is 10.2. The molecular weight excluding hydrogens is 428 g/mol. The Labute approximate surface area is 170 Å². The maximum Gasteiger partial charge on any atom is 0.257 e. The van der Waals surface area contributed by atoms with Crippen molar-refractivity contribution in [3.8, 4) is 22.1 Å². The highest BCUT2D eigenvalue weighted by Crippen LogP contribution is 2.25. The van der Waals surface area contributed by atoms with Gasteiger partial charge in [0.2, 0.25) is 0 Å². The number of nitrogens with zero attached hydrogens (tertiary/aromatic N) is 1. The summed E-state index contributed by atoms with van der Waals surface area (Å²) in [5, 5.41) is 5.83. The maximum atomic E-state index is 11.9. The molecule has 140 valence electrons. The molecule has 27 heavy (non-hydrogen) atoms. The molecule has 3 rings (SSSR count). The summed E-state index contributed by atoms with van der Waals surface area (Å²) in [6, 6.07) is 15.2. The SMILES string of the molecule is COc1ccc(-c2nc(CCNC(=O)COc3ccc(Br)cc3)cs2)cc1. The summed E-state index contributed by atoms with van der Waals surface area (Å²) in [6.07, 6.45) is 0.677. The summed E-state index contributed by atoms with van der Waals surface area (Å²) in [4.78, 5) is 16.5. The molecule has 1 N–H and O–H groups in total. The number of carbonyl (C=O) groups excluding carboxylic acids is 1. The Hall–Kier alpha value is -2.38. The molecule has 1 heterocycles. The highest BCUT2D eigenvalue weighted by Gasteiger charge is 2.07. The van der Waals surface area contributed by atoms with Gasteiger partial charge in [-0.25, -0.2) is 4.98 Å². The zero-order chi connectivity index (χ0) is 19.1. The molecule has 0 aliphatic heterocycles. The average Bonchev–Trinajstić information content (AvgIpc) is 3.16. The van der Waals surface area contributed by atoms with E-state index in [1.807, 2.05) is 53.9 Å². The zero-order valence-electron chi connectivity index (χ0n) is 14.8. The maximum absolute atomic E-state index is 11.9. The van der Waals surface area contributed by atoms with Crippen molar-refractivity contribution in [1.82, 2.24) is 10.3 Å². The van der Waals surface area contributed by atoms with Crippen LogP contribution in [-0.2, 0) is 11.2 Å². The highest BCUT2D eigenvalue weighted by molar-refractivity contribution is 9.10. The second-order valence-corrected chi connectivity index (χ2v) is 7.49. The van der Waals surface area contributed by atoms with E-state index < -0.39 is 0 Å². The number of nitrogens with one attached hydrogen (secondary N) is 1. The van der Waals surface area contributed by atoms with Gasteiger partial charge in [-0.05, 0) is 48.5 Å². The van der Waals surface area contributed by atoms with Crippen LogP contribution in [-0.4, -0.2) is 31.2 Å². The van der Waals surface area contributed by atoms with Gasteiger partial charge in [-0.1, -0.05) is 15.9 Å². The average molecular weight is 447 g/mol. The number of rotatable bonds is 8. The molecule has 0 aliphatic rings. The summed E-state index contributed by atoms with van der Waals surface area (Å²) in [6.45, 7) is 0.518. The minimum atomic E-state index is -0.150. The number of methoxy groups -OCH3 is 1. The standard InChI is InChI=1S/C20H19BrN2O3S/c1-25-17-6-2-14(3-7-17)20-23-16(13-27-20)10-11-22-19(24)12-26-18-8-4-15(21)5-9-18/h2-9,13H,10-12H2,1H3,(H,22,24). The number of ether oxygens (including phenoxy) is 2. The molecule has 3 aromatic rings. The van der Waals surface area contributed by atoms with E-state index in [-0.39, 0.29) is 12.5 Å². The van der Waals surface area contributed by atoms with Crippen LogP contribution in [0.3, 0.4) is 0 Å². The second-order valence-electron chi connectivity index (χ2n) is 5.72. The van der Waals surface area contributed by atoms with Crippen molar-refractivity contribution < 1.29 is 14.3 Å². The number of hydrogen-bond acceptors (Lipinski definition) is 5. The van der Waals surface area contributed by atoms with Gasteiger partial charge in [0.1, 0.15) is 16.5 Å². The molecule has 0 atom stereocenters. The van der Waals surface area contributed by atoms with Gasteiger partial charge in [0.25, 0.3) is 5.91 Å². The molecule has 5 nitrogen and oxygen atoms in total. The minimum absolute atomic E-state index is 0.00417. The molecule has 1 aromatic heterocycles. The minimum Gasteiger partial charge on any atom is -0.497 e. The van der Waals surface area contributed by atoms with Crippen molar-refractivity contribution in [3.05, 3.63) is 64.1 Å². The first-order valence-corrected chi connectivity index (χ1v) is 10.1. The zero-order valence-corrected chi connectivity index (χ0v) is 17.2. The van der Waals surface area contributed by atoms with Crippen molar-refractivity contribution in [2.24, 2.45) is 0 Å². The first-order chi connectivity index (χ1) is 13.1. The van der Waals surface area contributed by atoms with E-state index in [2.05, 4.69) is 26.2 Å². The molecular formula is C20H19BrN2O3S. The highest BCUT2D eigenvalue weighted by atomic mass is 79.9. The largest absolute Gasteiger partial charge is 0.497 e. The Bertz CT molecular complexity index is 879. The first kappa shape index (κ1) is 19.4. The van der Waals surface area contributed by atoms with E-state index in [4.69, 9.17) is 9.47 Å². The fourth-order valence-corrected chi connectivity index (χ4v) is 3.47. The predicted octanol–water partition coefficient (Wildman–Crippen LogP) is 4.32. The smallest absolute Gasteiger partial charge is 0.257 e. The number of aromatic nitrogens is 1. The van der Waals surface area contributed by atoms with E-state index >= 15 is 0 Å². The first-order valence-electron chi connectivity index (χ1n) is 8.38. The number of benzene rings is 2. The molecule has 0 saturated heterocycles. The summed E-state index contributed by atoms with van der Waals surface area (Å²) < 4.78 is 11.6. The molecule has 0 fully saturated rings. The van der Waals surface area contributed by atoms with Gasteiger partial charge in [0.05, 0.1) is 12.8 Å². The molecule has 0 spiro atoms. The fourth-order valence-electron chi connectivity index (χ4n) is 2.35. The summed E-state index contributed by atoms with van der Waals surface area (Å²) in [7, 11) is 1.65. The molecule has 0 saturated carbocycles. The Balaban J connectivity index is 1.43. The van der Waals surface area contributed by atoms with Crippen LogP contribution in [0.4, 0.5) is 0 Å². The number of carbonyl (C=O) groups is 1. The van der Waals surface area contributed by atoms with Crippen LogP contribution in [0.15, 0.2) is 58.4 Å². The lowest BCUT2D eigenvalue weighted by Gasteiger charge is -2.07. The van der Waals surface area contributed by atoms with Crippen LogP contribution < -0.4 is 14.8 Å². The van der Waals surface area contributed by atoms with Crippen molar-refractivity contribution in [3.63, 3.8) is 0 Å². The Morgan fingerprint density at radius 2 is 1.81 bits per heavy atom. The van der Waals surface area contributed by atoms with Crippen LogP contribution in [0.2, 0.25) is 0 Å². The third-order valence-corrected chi connectivity index (χ3v) is 5.24.